The minimum absolute atomic E-state index is 0.299. The van der Waals surface area contributed by atoms with Crippen LogP contribution in [0.15, 0.2) is 84.9 Å². The second-order valence-electron chi connectivity index (χ2n) is 5.96. The Hall–Kier alpha value is -3.39. The second kappa shape index (κ2) is 6.25. The maximum Gasteiger partial charge on any atom is 0.336 e. The molecule has 4 rings (SSSR count). The Balaban J connectivity index is 1.98. The lowest BCUT2D eigenvalue weighted by molar-refractivity contribution is -0.130. The molecule has 0 aliphatic heterocycles. The first-order valence-electron chi connectivity index (χ1n) is 8.15. The van der Waals surface area contributed by atoms with E-state index < -0.39 is 5.97 Å². The zero-order chi connectivity index (χ0) is 17.2. The van der Waals surface area contributed by atoms with Crippen LogP contribution in [0.4, 0.5) is 0 Å². The average molecular weight is 324 g/mol. The summed E-state index contributed by atoms with van der Waals surface area (Å²) in [6, 6.07) is 27.6. The van der Waals surface area contributed by atoms with Gasteiger partial charge in [0.05, 0.1) is 5.57 Å². The lowest BCUT2D eigenvalue weighted by atomic mass is 9.95. The van der Waals surface area contributed by atoms with Gasteiger partial charge in [0.1, 0.15) is 0 Å². The Morgan fingerprint density at radius 1 is 0.680 bits per heavy atom. The van der Waals surface area contributed by atoms with Crippen LogP contribution in [0.5, 0.6) is 0 Å². The Kier molecular flexibility index (Phi) is 3.79. The molecule has 0 saturated carbocycles. The van der Waals surface area contributed by atoms with E-state index in [9.17, 15) is 9.90 Å². The third kappa shape index (κ3) is 2.79. The molecule has 25 heavy (non-hydrogen) atoms. The molecule has 0 spiro atoms. The monoisotopic (exact) mass is 324 g/mol. The Bertz CT molecular complexity index is 1110. The maximum absolute atomic E-state index is 12.0. The van der Waals surface area contributed by atoms with Crippen LogP contribution in [0, 0.1) is 0 Å². The molecule has 0 aliphatic carbocycles. The Morgan fingerprint density at radius 2 is 1.24 bits per heavy atom. The van der Waals surface area contributed by atoms with Gasteiger partial charge in [-0.15, -0.1) is 0 Å². The molecule has 0 saturated heterocycles. The molecule has 0 aromatic heterocycles. The van der Waals surface area contributed by atoms with E-state index in [0.717, 1.165) is 32.7 Å². The third-order valence-corrected chi connectivity index (χ3v) is 4.43. The zero-order valence-corrected chi connectivity index (χ0v) is 13.5. The number of rotatable bonds is 3. The molecule has 0 radical (unpaired) electrons. The number of hydrogen-bond donors (Lipinski definition) is 1. The largest absolute Gasteiger partial charge is 0.478 e. The van der Waals surface area contributed by atoms with Crippen LogP contribution in [0.2, 0.25) is 0 Å². The van der Waals surface area contributed by atoms with E-state index in [1.807, 2.05) is 84.9 Å². The van der Waals surface area contributed by atoms with Crippen LogP contribution in [0.3, 0.4) is 0 Å². The standard InChI is InChI=1S/C23H16O2/c24-23(25)22(21-14-6-10-17-8-2-4-13-20(17)21)15-18-11-5-9-16-7-1-3-12-19(16)18/h1-15H,(H,24,25). The molecule has 1 N–H and O–H groups in total. The molecular weight excluding hydrogens is 308 g/mol. The first kappa shape index (κ1) is 15.2. The quantitative estimate of drug-likeness (QED) is 0.392. The van der Waals surface area contributed by atoms with Gasteiger partial charge in [-0.1, -0.05) is 84.9 Å². The molecule has 0 unspecified atom stereocenters. The predicted molar refractivity (Wildman–Crippen MR) is 103 cm³/mol. The molecule has 120 valence electrons. The Labute approximate surface area is 145 Å². The number of hydrogen-bond acceptors (Lipinski definition) is 1. The van der Waals surface area contributed by atoms with Crippen LogP contribution in [0.25, 0.3) is 33.2 Å². The molecule has 2 nitrogen and oxygen atoms in total. The van der Waals surface area contributed by atoms with Gasteiger partial charge in [0.2, 0.25) is 0 Å². The number of aliphatic carboxylic acids is 1. The molecule has 4 aromatic rings. The topological polar surface area (TPSA) is 37.3 Å². The minimum atomic E-state index is -0.927. The molecule has 0 amide bonds. The van der Waals surface area contributed by atoms with Gasteiger partial charge < -0.3 is 5.11 Å². The fourth-order valence-electron chi connectivity index (χ4n) is 3.25. The van der Waals surface area contributed by atoms with E-state index in [1.165, 1.54) is 0 Å². The Morgan fingerprint density at radius 3 is 1.96 bits per heavy atom. The molecule has 0 bridgehead atoms. The first-order chi connectivity index (χ1) is 12.2. The van der Waals surface area contributed by atoms with Crippen molar-refractivity contribution in [2.45, 2.75) is 0 Å². The number of carboxylic acids is 1. The van der Waals surface area contributed by atoms with Crippen molar-refractivity contribution in [1.82, 2.24) is 0 Å². The van der Waals surface area contributed by atoms with Crippen molar-refractivity contribution in [3.8, 4) is 0 Å². The van der Waals surface area contributed by atoms with Crippen molar-refractivity contribution in [2.75, 3.05) is 0 Å². The summed E-state index contributed by atoms with van der Waals surface area (Å²) in [5, 5.41) is 14.0. The van der Waals surface area contributed by atoms with E-state index in [-0.39, 0.29) is 0 Å². The second-order valence-corrected chi connectivity index (χ2v) is 5.96. The molecular formula is C23H16O2. The molecule has 4 aromatic carbocycles. The van der Waals surface area contributed by atoms with E-state index in [2.05, 4.69) is 0 Å². The highest BCUT2D eigenvalue weighted by Crippen LogP contribution is 2.29. The summed E-state index contributed by atoms with van der Waals surface area (Å²) in [5.41, 5.74) is 1.94. The lowest BCUT2D eigenvalue weighted by Crippen LogP contribution is -2.00. The smallest absolute Gasteiger partial charge is 0.336 e. The van der Waals surface area contributed by atoms with Crippen molar-refractivity contribution < 1.29 is 9.90 Å². The summed E-state index contributed by atoms with van der Waals surface area (Å²) in [7, 11) is 0. The van der Waals surface area contributed by atoms with Crippen LogP contribution >= 0.6 is 0 Å². The van der Waals surface area contributed by atoms with Crippen molar-refractivity contribution in [2.24, 2.45) is 0 Å². The van der Waals surface area contributed by atoms with Gasteiger partial charge in [0, 0.05) is 0 Å². The van der Waals surface area contributed by atoms with Gasteiger partial charge in [-0.2, -0.15) is 0 Å². The van der Waals surface area contributed by atoms with Crippen molar-refractivity contribution >= 4 is 39.2 Å². The van der Waals surface area contributed by atoms with E-state index >= 15 is 0 Å². The average Bonchev–Trinajstić information content (AvgIpc) is 2.65. The van der Waals surface area contributed by atoms with Gasteiger partial charge in [-0.25, -0.2) is 4.79 Å². The number of benzene rings is 4. The van der Waals surface area contributed by atoms with Crippen LogP contribution in [-0.4, -0.2) is 11.1 Å². The van der Waals surface area contributed by atoms with Crippen LogP contribution in [-0.2, 0) is 4.79 Å². The van der Waals surface area contributed by atoms with Gasteiger partial charge in [0.25, 0.3) is 0 Å². The fraction of sp³-hybridized carbons (Fsp3) is 0. The fourth-order valence-corrected chi connectivity index (χ4v) is 3.25. The summed E-state index contributed by atoms with van der Waals surface area (Å²) < 4.78 is 0. The number of carbonyl (C=O) groups is 1. The molecule has 0 heterocycles. The third-order valence-electron chi connectivity index (χ3n) is 4.43. The molecule has 0 aliphatic rings. The van der Waals surface area contributed by atoms with Crippen molar-refractivity contribution in [1.29, 1.82) is 0 Å². The van der Waals surface area contributed by atoms with Gasteiger partial charge >= 0.3 is 5.97 Å². The highest BCUT2D eigenvalue weighted by Gasteiger charge is 2.14. The maximum atomic E-state index is 12.0. The van der Waals surface area contributed by atoms with Crippen LogP contribution < -0.4 is 0 Å². The SMILES string of the molecule is O=C(O)C(=Cc1cccc2ccccc12)c1cccc2ccccc12. The number of carboxylic acid groups (broad SMARTS) is 1. The van der Waals surface area contributed by atoms with Crippen molar-refractivity contribution in [3.63, 3.8) is 0 Å². The summed E-state index contributed by atoms with van der Waals surface area (Å²) >= 11 is 0. The van der Waals surface area contributed by atoms with Gasteiger partial charge in [-0.05, 0) is 38.7 Å². The normalized spacial score (nSPS) is 11.8. The summed E-state index contributed by atoms with van der Waals surface area (Å²) in [6.45, 7) is 0. The molecule has 0 atom stereocenters. The highest BCUT2D eigenvalue weighted by molar-refractivity contribution is 6.24. The van der Waals surface area contributed by atoms with Crippen LogP contribution in [0.1, 0.15) is 11.1 Å². The van der Waals surface area contributed by atoms with Gasteiger partial charge in [0.15, 0.2) is 0 Å². The molecule has 2 heteroatoms. The zero-order valence-electron chi connectivity index (χ0n) is 13.5. The predicted octanol–water partition coefficient (Wildman–Crippen LogP) is 5.62. The van der Waals surface area contributed by atoms with E-state index in [1.54, 1.807) is 6.08 Å². The van der Waals surface area contributed by atoms with Crippen molar-refractivity contribution in [3.05, 3.63) is 96.1 Å². The van der Waals surface area contributed by atoms with Gasteiger partial charge in [-0.3, -0.25) is 0 Å². The summed E-state index contributed by atoms with van der Waals surface area (Å²) in [5.74, 6) is -0.927. The first-order valence-corrected chi connectivity index (χ1v) is 8.15. The highest BCUT2D eigenvalue weighted by atomic mass is 16.4. The summed E-state index contributed by atoms with van der Waals surface area (Å²) in [4.78, 5) is 12.0. The minimum Gasteiger partial charge on any atom is -0.478 e. The summed E-state index contributed by atoms with van der Waals surface area (Å²) in [6.07, 6.45) is 1.77. The number of fused-ring (bicyclic) bond motifs is 2. The van der Waals surface area contributed by atoms with E-state index in [0.29, 0.717) is 5.57 Å². The molecule has 0 fully saturated rings. The lowest BCUT2D eigenvalue weighted by Gasteiger charge is -2.09. The van der Waals surface area contributed by atoms with E-state index in [4.69, 9.17) is 0 Å².